The van der Waals surface area contributed by atoms with Gasteiger partial charge in [-0.15, -0.1) is 5.10 Å². The number of hydrogen-bond donors (Lipinski definition) is 0. The quantitative estimate of drug-likeness (QED) is 0.774. The first-order valence-corrected chi connectivity index (χ1v) is 5.92. The number of fused-ring (bicyclic) bond motifs is 1. The minimum Gasteiger partial charge on any atom is -0.464 e. The molecular formula is C11H14F3N3O2. The lowest BCUT2D eigenvalue weighted by Gasteiger charge is -2.29. The van der Waals surface area contributed by atoms with E-state index in [4.69, 9.17) is 0 Å². The second-order valence-electron chi connectivity index (χ2n) is 4.68. The Bertz CT molecular complexity index is 484. The summed E-state index contributed by atoms with van der Waals surface area (Å²) in [5.74, 6) is -2.64. The second-order valence-corrected chi connectivity index (χ2v) is 4.68. The summed E-state index contributed by atoms with van der Waals surface area (Å²) in [4.78, 5) is 11.5. The second kappa shape index (κ2) is 4.82. The van der Waals surface area contributed by atoms with E-state index in [0.29, 0.717) is 18.7 Å². The van der Waals surface area contributed by atoms with Crippen molar-refractivity contribution in [3.05, 3.63) is 11.4 Å². The third kappa shape index (κ3) is 2.57. The maximum Gasteiger partial charge on any atom is 0.391 e. The van der Waals surface area contributed by atoms with Crippen LogP contribution in [-0.4, -0.2) is 34.2 Å². The van der Waals surface area contributed by atoms with E-state index >= 15 is 0 Å². The predicted octanol–water partition coefficient (Wildman–Crippen LogP) is 1.83. The van der Waals surface area contributed by atoms with Gasteiger partial charge < -0.3 is 4.74 Å². The largest absolute Gasteiger partial charge is 0.464 e. The molecule has 0 radical (unpaired) electrons. The van der Waals surface area contributed by atoms with Crippen LogP contribution in [0.3, 0.4) is 0 Å². The van der Waals surface area contributed by atoms with Gasteiger partial charge in [0.25, 0.3) is 0 Å². The summed E-state index contributed by atoms with van der Waals surface area (Å²) in [5, 5.41) is 7.45. The molecule has 1 aliphatic rings. The molecule has 0 amide bonds. The Kier molecular flexibility index (Phi) is 3.51. The van der Waals surface area contributed by atoms with Crippen LogP contribution in [0.15, 0.2) is 0 Å². The molecule has 0 aliphatic carbocycles. The van der Waals surface area contributed by atoms with Crippen molar-refractivity contribution >= 4 is 5.97 Å². The summed E-state index contributed by atoms with van der Waals surface area (Å²) in [6, 6.07) is 0. The van der Waals surface area contributed by atoms with E-state index in [1.807, 2.05) is 0 Å². The molecule has 106 valence electrons. The molecule has 2 unspecified atom stereocenters. The SMILES string of the molecule is COC(=O)c1nnn2c1CC(C(C)C(F)(F)F)CC2. The van der Waals surface area contributed by atoms with Crippen molar-refractivity contribution in [2.75, 3.05) is 7.11 Å². The van der Waals surface area contributed by atoms with Crippen molar-refractivity contribution in [3.8, 4) is 0 Å². The third-order valence-electron chi connectivity index (χ3n) is 3.61. The van der Waals surface area contributed by atoms with Crippen LogP contribution >= 0.6 is 0 Å². The Labute approximate surface area is 107 Å². The lowest BCUT2D eigenvalue weighted by Crippen LogP contribution is -2.33. The van der Waals surface area contributed by atoms with Gasteiger partial charge in [0.2, 0.25) is 0 Å². The van der Waals surface area contributed by atoms with Gasteiger partial charge in [0.05, 0.1) is 18.7 Å². The van der Waals surface area contributed by atoms with E-state index in [9.17, 15) is 18.0 Å². The number of aromatic nitrogens is 3. The Morgan fingerprint density at radius 3 is 2.79 bits per heavy atom. The molecule has 0 N–H and O–H groups in total. The van der Waals surface area contributed by atoms with Crippen molar-refractivity contribution in [3.63, 3.8) is 0 Å². The van der Waals surface area contributed by atoms with E-state index in [2.05, 4.69) is 15.0 Å². The summed E-state index contributed by atoms with van der Waals surface area (Å²) in [6.45, 7) is 1.51. The van der Waals surface area contributed by atoms with Crippen LogP contribution < -0.4 is 0 Å². The minimum atomic E-state index is -4.23. The summed E-state index contributed by atoms with van der Waals surface area (Å²) < 4.78 is 44.2. The Morgan fingerprint density at radius 1 is 1.53 bits per heavy atom. The number of halogens is 3. The van der Waals surface area contributed by atoms with Gasteiger partial charge in [0.15, 0.2) is 5.69 Å². The van der Waals surface area contributed by atoms with E-state index in [-0.39, 0.29) is 12.1 Å². The molecule has 2 rings (SSSR count). The van der Waals surface area contributed by atoms with Crippen LogP contribution in [0.1, 0.15) is 29.5 Å². The Balaban J connectivity index is 2.23. The van der Waals surface area contributed by atoms with Gasteiger partial charge in [-0.25, -0.2) is 9.48 Å². The van der Waals surface area contributed by atoms with Gasteiger partial charge in [-0.3, -0.25) is 0 Å². The lowest BCUT2D eigenvalue weighted by atomic mass is 9.84. The average molecular weight is 277 g/mol. The van der Waals surface area contributed by atoms with E-state index in [1.54, 1.807) is 0 Å². The Hall–Kier alpha value is -1.60. The highest BCUT2D eigenvalue weighted by Crippen LogP contribution is 2.37. The van der Waals surface area contributed by atoms with Crippen molar-refractivity contribution in [1.82, 2.24) is 15.0 Å². The average Bonchev–Trinajstić information content (AvgIpc) is 2.78. The Morgan fingerprint density at radius 2 is 2.21 bits per heavy atom. The van der Waals surface area contributed by atoms with Crippen molar-refractivity contribution in [2.24, 2.45) is 11.8 Å². The smallest absolute Gasteiger partial charge is 0.391 e. The molecule has 5 nitrogen and oxygen atoms in total. The molecule has 0 aromatic carbocycles. The lowest BCUT2D eigenvalue weighted by molar-refractivity contribution is -0.185. The number of methoxy groups -OCH3 is 1. The van der Waals surface area contributed by atoms with Gasteiger partial charge in [0.1, 0.15) is 0 Å². The summed E-state index contributed by atoms with van der Waals surface area (Å²) >= 11 is 0. The van der Waals surface area contributed by atoms with Gasteiger partial charge in [-0.05, 0) is 18.8 Å². The number of carbonyl (C=O) groups is 1. The molecule has 2 atom stereocenters. The number of carbonyl (C=O) groups excluding carboxylic acids is 1. The molecule has 0 saturated carbocycles. The zero-order valence-electron chi connectivity index (χ0n) is 10.6. The highest BCUT2D eigenvalue weighted by molar-refractivity contribution is 5.88. The minimum absolute atomic E-state index is 0.0153. The number of ether oxygens (including phenoxy) is 1. The first-order valence-electron chi connectivity index (χ1n) is 5.92. The number of nitrogens with zero attached hydrogens (tertiary/aromatic N) is 3. The van der Waals surface area contributed by atoms with Crippen molar-refractivity contribution in [2.45, 2.75) is 32.5 Å². The molecular weight excluding hydrogens is 263 g/mol. The van der Waals surface area contributed by atoms with Gasteiger partial charge in [0, 0.05) is 6.54 Å². The van der Waals surface area contributed by atoms with E-state index < -0.39 is 24.0 Å². The van der Waals surface area contributed by atoms with Crippen molar-refractivity contribution < 1.29 is 22.7 Å². The molecule has 0 spiro atoms. The molecule has 0 saturated heterocycles. The molecule has 1 aliphatic heterocycles. The number of esters is 1. The predicted molar refractivity (Wildman–Crippen MR) is 58.4 cm³/mol. The topological polar surface area (TPSA) is 57.0 Å². The van der Waals surface area contributed by atoms with Crippen LogP contribution in [0, 0.1) is 11.8 Å². The molecule has 1 aromatic rings. The van der Waals surface area contributed by atoms with Crippen molar-refractivity contribution in [1.29, 1.82) is 0 Å². The number of rotatable bonds is 2. The van der Waals surface area contributed by atoms with Crippen LogP contribution in [0.4, 0.5) is 13.2 Å². The zero-order valence-corrected chi connectivity index (χ0v) is 10.6. The fourth-order valence-corrected chi connectivity index (χ4v) is 2.30. The normalized spacial score (nSPS) is 20.8. The summed E-state index contributed by atoms with van der Waals surface area (Å²) in [5.41, 5.74) is 0.445. The molecule has 2 heterocycles. The molecule has 8 heteroatoms. The van der Waals surface area contributed by atoms with Crippen LogP contribution in [-0.2, 0) is 17.7 Å². The fraction of sp³-hybridized carbons (Fsp3) is 0.727. The number of hydrogen-bond acceptors (Lipinski definition) is 4. The maximum absolute atomic E-state index is 12.7. The number of alkyl halides is 3. The van der Waals surface area contributed by atoms with Crippen LogP contribution in [0.2, 0.25) is 0 Å². The highest BCUT2D eigenvalue weighted by atomic mass is 19.4. The molecule has 1 aromatic heterocycles. The third-order valence-corrected chi connectivity index (χ3v) is 3.61. The van der Waals surface area contributed by atoms with Gasteiger partial charge in [-0.1, -0.05) is 12.1 Å². The molecule has 0 bridgehead atoms. The maximum atomic E-state index is 12.7. The zero-order chi connectivity index (χ0) is 14.2. The monoisotopic (exact) mass is 277 g/mol. The van der Waals surface area contributed by atoms with E-state index in [1.165, 1.54) is 18.7 Å². The van der Waals surface area contributed by atoms with Crippen LogP contribution in [0.5, 0.6) is 0 Å². The fourth-order valence-electron chi connectivity index (χ4n) is 2.30. The van der Waals surface area contributed by atoms with Gasteiger partial charge in [-0.2, -0.15) is 13.2 Å². The molecule has 19 heavy (non-hydrogen) atoms. The first kappa shape index (κ1) is 13.8. The molecule has 0 fully saturated rings. The van der Waals surface area contributed by atoms with Crippen LogP contribution in [0.25, 0.3) is 0 Å². The first-order chi connectivity index (χ1) is 8.84. The number of aryl methyl sites for hydroxylation is 1. The summed E-state index contributed by atoms with van der Waals surface area (Å²) in [6.07, 6.45) is -3.72. The highest BCUT2D eigenvalue weighted by Gasteiger charge is 2.43. The van der Waals surface area contributed by atoms with Gasteiger partial charge >= 0.3 is 12.1 Å². The summed E-state index contributed by atoms with van der Waals surface area (Å²) in [7, 11) is 1.20. The standard InChI is InChI=1S/C11H14F3N3O2/c1-6(11(12,13)14)7-3-4-17-8(5-7)9(15-16-17)10(18)19-2/h6-7H,3-5H2,1-2H3. The van der Waals surface area contributed by atoms with E-state index in [0.717, 1.165) is 0 Å².